The molecule has 0 radical (unpaired) electrons. The third kappa shape index (κ3) is 3.36. The zero-order chi connectivity index (χ0) is 15.6. The number of halogens is 4. The minimum atomic E-state index is -1.04. The Morgan fingerprint density at radius 3 is 2.52 bits per heavy atom. The van der Waals surface area contributed by atoms with E-state index in [1.165, 1.54) is 12.1 Å². The highest BCUT2D eigenvalue weighted by molar-refractivity contribution is 9.10. The van der Waals surface area contributed by atoms with Crippen molar-refractivity contribution >= 4 is 27.6 Å². The van der Waals surface area contributed by atoms with Crippen LogP contribution >= 0.6 is 15.9 Å². The Morgan fingerprint density at radius 1 is 1.14 bits per heavy atom. The van der Waals surface area contributed by atoms with E-state index in [1.807, 2.05) is 0 Å². The van der Waals surface area contributed by atoms with Gasteiger partial charge in [-0.3, -0.25) is 0 Å². The van der Waals surface area contributed by atoms with E-state index in [-0.39, 0.29) is 15.7 Å². The highest BCUT2D eigenvalue weighted by Gasteiger charge is 2.17. The van der Waals surface area contributed by atoms with Gasteiger partial charge < -0.3 is 10.5 Å². The van der Waals surface area contributed by atoms with Gasteiger partial charge in [-0.05, 0) is 46.3 Å². The molecule has 0 aliphatic heterocycles. The first kappa shape index (κ1) is 15.4. The summed E-state index contributed by atoms with van der Waals surface area (Å²) in [6, 6.07) is 5.63. The number of ether oxygens (including phenoxy) is 1. The number of carbonyl (C=O) groups excluding carboxylic acids is 1. The minimum Gasteiger partial charge on any atom is -0.457 e. The molecule has 2 aromatic rings. The van der Waals surface area contributed by atoms with Crippen molar-refractivity contribution in [2.75, 3.05) is 5.73 Å². The smallest absolute Gasteiger partial charge is 0.341 e. The van der Waals surface area contributed by atoms with Gasteiger partial charge in [0.2, 0.25) is 0 Å². The maximum absolute atomic E-state index is 13.7. The van der Waals surface area contributed by atoms with Crippen LogP contribution in [0.15, 0.2) is 34.8 Å². The molecule has 0 saturated carbocycles. The molecule has 7 heteroatoms. The summed E-state index contributed by atoms with van der Waals surface area (Å²) in [7, 11) is 0. The van der Waals surface area contributed by atoms with Crippen LogP contribution in [-0.4, -0.2) is 5.97 Å². The van der Waals surface area contributed by atoms with E-state index in [0.29, 0.717) is 0 Å². The van der Waals surface area contributed by atoms with Crippen LogP contribution in [0.3, 0.4) is 0 Å². The van der Waals surface area contributed by atoms with E-state index < -0.39 is 35.6 Å². The molecule has 2 rings (SSSR count). The molecule has 110 valence electrons. The normalized spacial score (nSPS) is 10.5. The largest absolute Gasteiger partial charge is 0.457 e. The van der Waals surface area contributed by atoms with Gasteiger partial charge in [0.25, 0.3) is 0 Å². The average molecular weight is 360 g/mol. The van der Waals surface area contributed by atoms with E-state index >= 15 is 0 Å². The molecule has 0 bridgehead atoms. The predicted molar refractivity (Wildman–Crippen MR) is 74.0 cm³/mol. The van der Waals surface area contributed by atoms with Crippen molar-refractivity contribution in [2.24, 2.45) is 0 Å². The number of rotatable bonds is 3. The molecule has 0 aromatic heterocycles. The number of hydrogen-bond donors (Lipinski definition) is 1. The van der Waals surface area contributed by atoms with Gasteiger partial charge in [0.1, 0.15) is 24.1 Å². The van der Waals surface area contributed by atoms with E-state index in [1.54, 1.807) is 0 Å². The van der Waals surface area contributed by atoms with Crippen LogP contribution < -0.4 is 5.73 Å². The lowest BCUT2D eigenvalue weighted by atomic mass is 10.2. The molecule has 0 unspecified atom stereocenters. The van der Waals surface area contributed by atoms with E-state index in [4.69, 9.17) is 10.5 Å². The number of hydrogen-bond acceptors (Lipinski definition) is 3. The predicted octanol–water partition coefficient (Wildman–Crippen LogP) is 3.81. The fraction of sp³-hybridized carbons (Fsp3) is 0.0714. The van der Waals surface area contributed by atoms with Gasteiger partial charge in [0, 0.05) is 5.69 Å². The molecule has 21 heavy (non-hydrogen) atoms. The second-order valence-electron chi connectivity index (χ2n) is 4.14. The van der Waals surface area contributed by atoms with E-state index in [0.717, 1.165) is 18.2 Å². The molecule has 0 aliphatic rings. The summed E-state index contributed by atoms with van der Waals surface area (Å²) in [4.78, 5) is 11.7. The lowest BCUT2D eigenvalue weighted by Gasteiger charge is -2.09. The van der Waals surface area contributed by atoms with E-state index in [9.17, 15) is 18.0 Å². The zero-order valence-corrected chi connectivity index (χ0v) is 12.1. The Hall–Kier alpha value is -2.02. The SMILES string of the molecule is Nc1ccc(C(=O)OCc2c(F)ccc(Br)c2F)c(F)c1. The summed E-state index contributed by atoms with van der Waals surface area (Å²) >= 11 is 2.90. The second kappa shape index (κ2) is 6.17. The minimum absolute atomic E-state index is 0.0358. The highest BCUT2D eigenvalue weighted by atomic mass is 79.9. The van der Waals surface area contributed by atoms with Gasteiger partial charge in [-0.15, -0.1) is 0 Å². The van der Waals surface area contributed by atoms with Crippen molar-refractivity contribution in [3.63, 3.8) is 0 Å². The maximum Gasteiger partial charge on any atom is 0.341 e. The first-order chi connectivity index (χ1) is 9.90. The molecular formula is C14H9BrF3NO2. The van der Waals surface area contributed by atoms with Crippen molar-refractivity contribution in [1.82, 2.24) is 0 Å². The number of anilines is 1. The Bertz CT molecular complexity index is 707. The zero-order valence-electron chi connectivity index (χ0n) is 10.5. The van der Waals surface area contributed by atoms with Crippen LogP contribution in [0.4, 0.5) is 18.9 Å². The third-order valence-corrected chi connectivity index (χ3v) is 3.31. The Kier molecular flexibility index (Phi) is 4.52. The first-order valence-corrected chi connectivity index (χ1v) is 6.54. The van der Waals surface area contributed by atoms with Crippen molar-refractivity contribution in [3.05, 3.63) is 63.4 Å². The molecule has 3 nitrogen and oxygen atoms in total. The topological polar surface area (TPSA) is 52.3 Å². The standard InChI is InChI=1S/C14H9BrF3NO2/c15-10-3-4-11(16)9(13(10)18)6-21-14(20)8-2-1-7(19)5-12(8)17/h1-5H,6,19H2. The van der Waals surface area contributed by atoms with Crippen LogP contribution in [0.25, 0.3) is 0 Å². The summed E-state index contributed by atoms with van der Waals surface area (Å²) in [6.07, 6.45) is 0. The highest BCUT2D eigenvalue weighted by Crippen LogP contribution is 2.23. The molecule has 0 atom stereocenters. The van der Waals surface area contributed by atoms with Crippen LogP contribution in [-0.2, 0) is 11.3 Å². The maximum atomic E-state index is 13.7. The second-order valence-corrected chi connectivity index (χ2v) is 4.99. The molecular weight excluding hydrogens is 351 g/mol. The lowest BCUT2D eigenvalue weighted by Crippen LogP contribution is -2.10. The summed E-state index contributed by atoms with van der Waals surface area (Å²) in [5, 5.41) is 0. The van der Waals surface area contributed by atoms with Gasteiger partial charge in [-0.25, -0.2) is 18.0 Å². The molecule has 2 aromatic carbocycles. The molecule has 0 spiro atoms. The van der Waals surface area contributed by atoms with Crippen LogP contribution in [0.1, 0.15) is 15.9 Å². The number of nitrogens with two attached hydrogens (primary N) is 1. The van der Waals surface area contributed by atoms with Crippen molar-refractivity contribution < 1.29 is 22.7 Å². The number of benzene rings is 2. The Morgan fingerprint density at radius 2 is 1.86 bits per heavy atom. The molecule has 0 aliphatic carbocycles. The fourth-order valence-electron chi connectivity index (χ4n) is 1.61. The van der Waals surface area contributed by atoms with Crippen LogP contribution in [0.5, 0.6) is 0 Å². The monoisotopic (exact) mass is 359 g/mol. The number of esters is 1. The lowest BCUT2D eigenvalue weighted by molar-refractivity contribution is 0.0459. The van der Waals surface area contributed by atoms with Gasteiger partial charge in [0.05, 0.1) is 15.6 Å². The summed E-state index contributed by atoms with van der Waals surface area (Å²) in [6.45, 7) is -0.653. The molecule has 0 fully saturated rings. The van der Waals surface area contributed by atoms with Crippen LogP contribution in [0, 0.1) is 17.5 Å². The van der Waals surface area contributed by atoms with E-state index in [2.05, 4.69) is 15.9 Å². The number of nitrogen functional groups attached to an aromatic ring is 1. The van der Waals surface area contributed by atoms with Crippen molar-refractivity contribution in [1.29, 1.82) is 0 Å². The molecule has 0 heterocycles. The summed E-state index contributed by atoms with van der Waals surface area (Å²) in [5.74, 6) is -3.64. The summed E-state index contributed by atoms with van der Waals surface area (Å²) < 4.78 is 45.4. The van der Waals surface area contributed by atoms with Crippen LogP contribution in [0.2, 0.25) is 0 Å². The Labute approximate surface area is 126 Å². The fourth-order valence-corrected chi connectivity index (χ4v) is 1.99. The van der Waals surface area contributed by atoms with Gasteiger partial charge in [-0.1, -0.05) is 0 Å². The molecule has 2 N–H and O–H groups in total. The number of carbonyl (C=O) groups is 1. The van der Waals surface area contributed by atoms with Gasteiger partial charge >= 0.3 is 5.97 Å². The van der Waals surface area contributed by atoms with Gasteiger partial charge in [0.15, 0.2) is 0 Å². The molecule has 0 saturated heterocycles. The first-order valence-electron chi connectivity index (χ1n) is 5.74. The average Bonchev–Trinajstić information content (AvgIpc) is 2.43. The summed E-state index contributed by atoms with van der Waals surface area (Å²) in [5.41, 5.74) is 4.72. The van der Waals surface area contributed by atoms with Crippen molar-refractivity contribution in [3.8, 4) is 0 Å². The van der Waals surface area contributed by atoms with Gasteiger partial charge in [-0.2, -0.15) is 0 Å². The third-order valence-electron chi connectivity index (χ3n) is 2.70. The Balaban J connectivity index is 2.17. The quantitative estimate of drug-likeness (QED) is 0.515. The molecule has 0 amide bonds. The van der Waals surface area contributed by atoms with Crippen molar-refractivity contribution in [2.45, 2.75) is 6.61 Å².